The number of fused-ring (bicyclic) bond motifs is 1. The van der Waals surface area contributed by atoms with Gasteiger partial charge in [0, 0.05) is 6.42 Å². The van der Waals surface area contributed by atoms with E-state index in [1.54, 1.807) is 5.98 Å². The van der Waals surface area contributed by atoms with Crippen LogP contribution in [-0.2, 0) is 9.31 Å². The maximum absolute atomic E-state index is 5.53. The quantitative estimate of drug-likeness (QED) is 0.506. The van der Waals surface area contributed by atoms with Gasteiger partial charge in [-0.2, -0.15) is 0 Å². The lowest BCUT2D eigenvalue weighted by atomic mass is 9.91. The number of hydrogen-bond donors (Lipinski definition) is 0. The van der Waals surface area contributed by atoms with Crippen LogP contribution in [-0.4, -0.2) is 18.3 Å². The molecule has 1 aliphatic carbocycles. The van der Waals surface area contributed by atoms with Gasteiger partial charge < -0.3 is 9.31 Å². The SMILES string of the molecule is C=CB1OC2(C)CC2(C)O1. The molecular formula is C7H11BO2. The van der Waals surface area contributed by atoms with E-state index < -0.39 is 0 Å². The van der Waals surface area contributed by atoms with E-state index >= 15 is 0 Å². The smallest absolute Gasteiger partial charge is 0.399 e. The van der Waals surface area contributed by atoms with Crippen LogP contribution in [0.1, 0.15) is 20.3 Å². The summed E-state index contributed by atoms with van der Waals surface area (Å²) in [5.74, 6) is 1.70. The van der Waals surface area contributed by atoms with Crippen LogP contribution in [0.5, 0.6) is 0 Å². The summed E-state index contributed by atoms with van der Waals surface area (Å²) in [6.45, 7) is 7.77. The van der Waals surface area contributed by atoms with Crippen molar-refractivity contribution in [1.82, 2.24) is 0 Å². The third kappa shape index (κ3) is 0.571. The molecule has 1 saturated carbocycles. The highest BCUT2D eigenvalue weighted by atomic mass is 16.7. The summed E-state index contributed by atoms with van der Waals surface area (Å²) in [5.41, 5.74) is -0.0439. The van der Waals surface area contributed by atoms with Gasteiger partial charge in [0.1, 0.15) is 0 Å². The molecule has 0 spiro atoms. The van der Waals surface area contributed by atoms with Crippen LogP contribution in [0.2, 0.25) is 0 Å². The fourth-order valence-corrected chi connectivity index (χ4v) is 1.57. The second kappa shape index (κ2) is 1.48. The van der Waals surface area contributed by atoms with Crippen molar-refractivity contribution >= 4 is 7.12 Å². The van der Waals surface area contributed by atoms with Crippen molar-refractivity contribution in [3.8, 4) is 0 Å². The van der Waals surface area contributed by atoms with Crippen LogP contribution < -0.4 is 0 Å². The zero-order valence-electron chi connectivity index (χ0n) is 6.39. The molecule has 2 nitrogen and oxygen atoms in total. The maximum atomic E-state index is 5.53. The summed E-state index contributed by atoms with van der Waals surface area (Å²) < 4.78 is 11.1. The van der Waals surface area contributed by atoms with Crippen LogP contribution in [0.15, 0.2) is 12.6 Å². The first-order chi connectivity index (χ1) is 4.60. The Morgan fingerprint density at radius 3 is 2.20 bits per heavy atom. The van der Waals surface area contributed by atoms with Crippen LogP contribution in [0, 0.1) is 0 Å². The molecule has 0 aromatic heterocycles. The first-order valence-electron chi connectivity index (χ1n) is 3.58. The number of hydrogen-bond acceptors (Lipinski definition) is 2. The molecule has 0 aromatic rings. The minimum atomic E-state index is -0.177. The summed E-state index contributed by atoms with van der Waals surface area (Å²) in [4.78, 5) is 0. The van der Waals surface area contributed by atoms with E-state index in [4.69, 9.17) is 9.31 Å². The predicted molar refractivity (Wildman–Crippen MR) is 39.5 cm³/mol. The highest BCUT2D eigenvalue weighted by molar-refractivity contribution is 6.51. The summed E-state index contributed by atoms with van der Waals surface area (Å²) >= 11 is 0. The van der Waals surface area contributed by atoms with Crippen molar-refractivity contribution < 1.29 is 9.31 Å². The topological polar surface area (TPSA) is 18.5 Å². The third-order valence-corrected chi connectivity index (χ3v) is 2.61. The molecule has 2 atom stereocenters. The van der Waals surface area contributed by atoms with E-state index in [0.717, 1.165) is 6.42 Å². The highest BCUT2D eigenvalue weighted by Crippen LogP contribution is 2.58. The molecule has 1 heterocycles. The average molecular weight is 138 g/mol. The van der Waals surface area contributed by atoms with Crippen LogP contribution in [0.4, 0.5) is 0 Å². The first kappa shape index (κ1) is 6.44. The summed E-state index contributed by atoms with van der Waals surface area (Å²) in [5, 5.41) is 0. The fraction of sp³-hybridized carbons (Fsp3) is 0.714. The van der Waals surface area contributed by atoms with E-state index in [1.807, 2.05) is 0 Å². The predicted octanol–water partition coefficient (Wildman–Crippen LogP) is 1.17. The van der Waals surface area contributed by atoms with Gasteiger partial charge in [0.05, 0.1) is 11.2 Å². The van der Waals surface area contributed by atoms with Gasteiger partial charge in [0.25, 0.3) is 0 Å². The van der Waals surface area contributed by atoms with Gasteiger partial charge in [-0.1, -0.05) is 5.98 Å². The molecule has 1 aliphatic heterocycles. The molecule has 1 saturated heterocycles. The largest absolute Gasteiger partial charge is 0.486 e. The van der Waals surface area contributed by atoms with E-state index in [0.29, 0.717) is 0 Å². The van der Waals surface area contributed by atoms with Crippen molar-refractivity contribution in [2.45, 2.75) is 31.5 Å². The Labute approximate surface area is 61.3 Å². The van der Waals surface area contributed by atoms with Gasteiger partial charge in [-0.3, -0.25) is 0 Å². The van der Waals surface area contributed by atoms with Crippen molar-refractivity contribution in [2.75, 3.05) is 0 Å². The zero-order valence-corrected chi connectivity index (χ0v) is 6.39. The van der Waals surface area contributed by atoms with Gasteiger partial charge in [0.15, 0.2) is 0 Å². The van der Waals surface area contributed by atoms with Crippen LogP contribution in [0.3, 0.4) is 0 Å². The second-order valence-electron chi connectivity index (χ2n) is 3.48. The summed E-state index contributed by atoms with van der Waals surface area (Å²) in [6, 6.07) is 0. The Balaban J connectivity index is 2.15. The van der Waals surface area contributed by atoms with Crippen LogP contribution >= 0.6 is 0 Å². The third-order valence-electron chi connectivity index (χ3n) is 2.61. The van der Waals surface area contributed by atoms with E-state index in [2.05, 4.69) is 20.4 Å². The highest BCUT2D eigenvalue weighted by Gasteiger charge is 2.70. The average Bonchev–Trinajstić information content (AvgIpc) is 2.24. The Hall–Kier alpha value is -0.275. The lowest BCUT2D eigenvalue weighted by Crippen LogP contribution is -2.18. The minimum Gasteiger partial charge on any atom is -0.399 e. The Bertz CT molecular complexity index is 178. The van der Waals surface area contributed by atoms with Crippen molar-refractivity contribution in [1.29, 1.82) is 0 Å². The second-order valence-corrected chi connectivity index (χ2v) is 3.48. The molecule has 2 unspecified atom stereocenters. The normalized spacial score (nSPS) is 50.8. The Kier molecular flexibility index (Phi) is 0.956. The van der Waals surface area contributed by atoms with Gasteiger partial charge in [-0.15, -0.1) is 6.58 Å². The van der Waals surface area contributed by atoms with Crippen molar-refractivity contribution in [3.63, 3.8) is 0 Å². The van der Waals surface area contributed by atoms with Crippen molar-refractivity contribution in [2.24, 2.45) is 0 Å². The van der Waals surface area contributed by atoms with Gasteiger partial charge in [0.2, 0.25) is 0 Å². The molecule has 10 heavy (non-hydrogen) atoms. The molecule has 0 aromatic carbocycles. The van der Waals surface area contributed by atoms with Gasteiger partial charge in [-0.25, -0.2) is 0 Å². The Morgan fingerprint density at radius 1 is 1.40 bits per heavy atom. The lowest BCUT2D eigenvalue weighted by Gasteiger charge is -2.04. The molecule has 0 amide bonds. The monoisotopic (exact) mass is 138 g/mol. The zero-order chi connectivity index (χ0) is 7.41. The molecular weight excluding hydrogens is 127 g/mol. The molecule has 54 valence electrons. The fourth-order valence-electron chi connectivity index (χ4n) is 1.57. The van der Waals surface area contributed by atoms with E-state index in [-0.39, 0.29) is 18.3 Å². The first-order valence-corrected chi connectivity index (χ1v) is 3.58. The minimum absolute atomic E-state index is 0.0220. The number of rotatable bonds is 1. The molecule has 0 bridgehead atoms. The van der Waals surface area contributed by atoms with Crippen LogP contribution in [0.25, 0.3) is 0 Å². The summed E-state index contributed by atoms with van der Waals surface area (Å²) in [7, 11) is -0.177. The van der Waals surface area contributed by atoms with Gasteiger partial charge in [-0.05, 0) is 13.8 Å². The Morgan fingerprint density at radius 2 is 1.90 bits per heavy atom. The molecule has 2 aliphatic rings. The molecule has 2 fully saturated rings. The van der Waals surface area contributed by atoms with Gasteiger partial charge >= 0.3 is 7.12 Å². The lowest BCUT2D eigenvalue weighted by molar-refractivity contribution is 0.187. The molecule has 0 radical (unpaired) electrons. The van der Waals surface area contributed by atoms with E-state index in [9.17, 15) is 0 Å². The standard InChI is InChI=1S/C7H11BO2/c1-4-8-9-6(2)5-7(6,3)10-8/h4H,1,5H2,2-3H3. The summed E-state index contributed by atoms with van der Waals surface area (Å²) in [6.07, 6.45) is 1.02. The van der Waals surface area contributed by atoms with E-state index in [1.165, 1.54) is 0 Å². The molecule has 3 heteroatoms. The molecule has 0 N–H and O–H groups in total. The van der Waals surface area contributed by atoms with Crippen molar-refractivity contribution in [3.05, 3.63) is 12.6 Å². The molecule has 2 rings (SSSR count). The maximum Gasteiger partial charge on any atom is 0.486 e.